The first kappa shape index (κ1) is 347. The molecule has 56 valence electrons. The summed E-state index contributed by atoms with van der Waals surface area (Å²) in [5, 5.41) is 0. The van der Waals surface area contributed by atoms with E-state index >= 15 is 0 Å². The quantitative estimate of drug-likeness (QED) is 0.349. The second kappa shape index (κ2) is 253. The van der Waals surface area contributed by atoms with Crippen molar-refractivity contribution in [3.8, 4) is 0 Å². The van der Waals surface area contributed by atoms with Gasteiger partial charge in [-0.25, -0.2) is 0 Å². The SMILES string of the molecule is [F-].[F-].[F-].[F-].[F-].[F-].[F-].[Sc+3].[Th+4]. The van der Waals surface area contributed by atoms with Crippen LogP contribution in [0.1, 0.15) is 0 Å². The molecule has 9 heteroatoms. The third-order valence-electron chi connectivity index (χ3n) is 0. The first-order valence-corrected chi connectivity index (χ1v) is 0. The Balaban J connectivity index is 0. The van der Waals surface area contributed by atoms with Crippen molar-refractivity contribution in [2.24, 2.45) is 0 Å². The monoisotopic (exact) mass is 410 g/mol. The first-order chi connectivity index (χ1) is 0. The molecule has 9 heavy (non-hydrogen) atoms. The normalized spacial score (nSPS) is 0. The summed E-state index contributed by atoms with van der Waals surface area (Å²) in [7, 11) is 0. The fraction of sp³-hybridized carbons (Fsp3) is 0. The van der Waals surface area contributed by atoms with Gasteiger partial charge in [0.2, 0.25) is 0 Å². The van der Waals surface area contributed by atoms with Crippen molar-refractivity contribution in [2.45, 2.75) is 0 Å². The summed E-state index contributed by atoms with van der Waals surface area (Å²) in [5.41, 5.74) is 0. The molecule has 0 atom stereocenters. The van der Waals surface area contributed by atoms with Crippen LogP contribution in [0.5, 0.6) is 0 Å². The van der Waals surface area contributed by atoms with Crippen LogP contribution in [0.2, 0.25) is 0 Å². The minimum Gasteiger partial charge on any atom is -1.00 e. The number of rotatable bonds is 0. The van der Waals surface area contributed by atoms with Gasteiger partial charge in [-0.2, -0.15) is 0 Å². The van der Waals surface area contributed by atoms with Crippen LogP contribution < -0.4 is 32.9 Å². The van der Waals surface area contributed by atoms with Crippen molar-refractivity contribution >= 4 is 0 Å². The van der Waals surface area contributed by atoms with E-state index in [1.54, 1.807) is 0 Å². The van der Waals surface area contributed by atoms with Gasteiger partial charge in [0.05, 0.1) is 0 Å². The van der Waals surface area contributed by atoms with Crippen molar-refractivity contribution in [1.82, 2.24) is 0 Å². The molecule has 0 aliphatic rings. The molecule has 0 aliphatic carbocycles. The Labute approximate surface area is 97.6 Å². The average molecular weight is 410 g/mol. The zero-order valence-corrected chi connectivity index (χ0v) is 9.64. The fourth-order valence-corrected chi connectivity index (χ4v) is 0. The van der Waals surface area contributed by atoms with E-state index in [-0.39, 0.29) is 98.7 Å². The third kappa shape index (κ3) is 198. The minimum atomic E-state index is 0. The van der Waals surface area contributed by atoms with Crippen LogP contribution in [0.25, 0.3) is 0 Å². The molecule has 0 radical (unpaired) electrons. The van der Waals surface area contributed by atoms with E-state index in [1.165, 1.54) is 0 Å². The molecule has 0 amide bonds. The van der Waals surface area contributed by atoms with Crippen LogP contribution in [-0.2, 0) is 25.8 Å². The molecule has 0 saturated heterocycles. The van der Waals surface area contributed by atoms with Gasteiger partial charge >= 0.3 is 65.8 Å². The Bertz CT molecular complexity index is 8.88. The second-order valence-corrected chi connectivity index (χ2v) is 0. The summed E-state index contributed by atoms with van der Waals surface area (Å²) in [4.78, 5) is 0. The van der Waals surface area contributed by atoms with Crippen molar-refractivity contribution in [1.29, 1.82) is 0 Å². The molecule has 0 aliphatic heterocycles. The smallest absolute Gasteiger partial charge is 1.00 e. The summed E-state index contributed by atoms with van der Waals surface area (Å²) in [6, 6.07) is 0. The molecule has 0 aromatic heterocycles. The van der Waals surface area contributed by atoms with Crippen LogP contribution in [0, 0.1) is 39.9 Å². The summed E-state index contributed by atoms with van der Waals surface area (Å²) in [6.45, 7) is 0. The van der Waals surface area contributed by atoms with Gasteiger partial charge in [-0.3, -0.25) is 0 Å². The van der Waals surface area contributed by atoms with Crippen molar-refractivity contribution < 1.29 is 98.7 Å². The predicted molar refractivity (Wildman–Crippen MR) is 0 cm³/mol. The van der Waals surface area contributed by atoms with E-state index < -0.39 is 0 Å². The van der Waals surface area contributed by atoms with E-state index in [9.17, 15) is 0 Å². The van der Waals surface area contributed by atoms with Crippen molar-refractivity contribution in [3.05, 3.63) is 0 Å². The van der Waals surface area contributed by atoms with Gasteiger partial charge in [0, 0.05) is 0 Å². The van der Waals surface area contributed by atoms with E-state index in [0.717, 1.165) is 0 Å². The number of hydrogen-bond donors (Lipinski definition) is 0. The molecule has 0 rings (SSSR count). The molecule has 0 aromatic carbocycles. The largest absolute Gasteiger partial charge is 4.00 e. The summed E-state index contributed by atoms with van der Waals surface area (Å²) in [5.74, 6) is 0. The van der Waals surface area contributed by atoms with Crippen LogP contribution in [0.4, 0.5) is 0 Å². The number of hydrogen-bond acceptors (Lipinski definition) is 0. The molecule has 0 spiro atoms. The average Bonchev–Trinajstić information content (AvgIpc) is 0. The predicted octanol–water partition coefficient (Wildman–Crippen LogP) is -21.0. The summed E-state index contributed by atoms with van der Waals surface area (Å²) in [6.07, 6.45) is 0. The molecular formula is F7ScTh. The molecule has 0 N–H and O–H groups in total. The summed E-state index contributed by atoms with van der Waals surface area (Å²) < 4.78 is 0. The third-order valence-corrected chi connectivity index (χ3v) is 0. The van der Waals surface area contributed by atoms with E-state index in [4.69, 9.17) is 0 Å². The molecule has 0 heterocycles. The second-order valence-electron chi connectivity index (χ2n) is 0. The molecule has 0 unspecified atom stereocenters. The van der Waals surface area contributed by atoms with Gasteiger partial charge in [0.1, 0.15) is 0 Å². The van der Waals surface area contributed by atoms with Gasteiger partial charge in [0.15, 0.2) is 0 Å². The maximum absolute atomic E-state index is 0. The van der Waals surface area contributed by atoms with Gasteiger partial charge in [-0.15, -0.1) is 0 Å². The topological polar surface area (TPSA) is 0 Å². The van der Waals surface area contributed by atoms with Crippen molar-refractivity contribution in [2.75, 3.05) is 0 Å². The van der Waals surface area contributed by atoms with Gasteiger partial charge in [-0.1, -0.05) is 0 Å². The van der Waals surface area contributed by atoms with Crippen LogP contribution >= 0.6 is 0 Å². The fourth-order valence-electron chi connectivity index (χ4n) is 0. The zero-order chi connectivity index (χ0) is 0. The molecule has 0 nitrogen and oxygen atoms in total. The Morgan fingerprint density at radius 2 is 0.333 bits per heavy atom. The maximum Gasteiger partial charge on any atom is 4.00 e. The van der Waals surface area contributed by atoms with Crippen LogP contribution in [0.15, 0.2) is 0 Å². The molecule has 0 saturated carbocycles. The molecule has 0 fully saturated rings. The van der Waals surface area contributed by atoms with E-state index in [1.807, 2.05) is 0 Å². The molecule has 0 aromatic rings. The van der Waals surface area contributed by atoms with Crippen molar-refractivity contribution in [3.63, 3.8) is 0 Å². The maximum atomic E-state index is 0. The molecular weight excluding hydrogens is 410 g/mol. The number of halogens is 7. The van der Waals surface area contributed by atoms with E-state index in [2.05, 4.69) is 0 Å². The Morgan fingerprint density at radius 1 is 0.333 bits per heavy atom. The van der Waals surface area contributed by atoms with Gasteiger partial charge < -0.3 is 32.9 Å². The Morgan fingerprint density at radius 3 is 0.333 bits per heavy atom. The standard InChI is InChI=1S/7FH.Sc.Th/h7*1H;;/q;;;;;;;+3;+4/p-7. The van der Waals surface area contributed by atoms with Gasteiger partial charge in [-0.05, 0) is 0 Å². The Hall–Kier alpha value is 1.70. The van der Waals surface area contributed by atoms with Gasteiger partial charge in [0.25, 0.3) is 0 Å². The Kier molecular flexibility index (Phi) is 9750. The first-order valence-electron chi connectivity index (χ1n) is 0. The molecule has 0 bridgehead atoms. The minimum absolute atomic E-state index is 0. The van der Waals surface area contributed by atoms with E-state index in [0.29, 0.717) is 0 Å². The van der Waals surface area contributed by atoms with Crippen LogP contribution in [-0.4, -0.2) is 0 Å². The zero-order valence-electron chi connectivity index (χ0n) is 3.72. The summed E-state index contributed by atoms with van der Waals surface area (Å²) >= 11 is 0. The van der Waals surface area contributed by atoms with Crippen LogP contribution in [0.3, 0.4) is 0 Å².